The van der Waals surface area contributed by atoms with Gasteiger partial charge in [-0.05, 0) is 30.7 Å². The molecule has 0 aromatic heterocycles. The van der Waals surface area contributed by atoms with Crippen LogP contribution in [0.2, 0.25) is 0 Å². The lowest BCUT2D eigenvalue weighted by atomic mass is 9.64. The number of carbonyl (C=O) groups excluding carboxylic acids is 2. The van der Waals surface area contributed by atoms with E-state index in [2.05, 4.69) is 26.1 Å². The molecule has 0 spiro atoms. The van der Waals surface area contributed by atoms with Gasteiger partial charge in [-0.15, -0.1) is 0 Å². The van der Waals surface area contributed by atoms with Gasteiger partial charge in [0, 0.05) is 5.92 Å². The fourth-order valence-corrected chi connectivity index (χ4v) is 4.75. The quantitative estimate of drug-likeness (QED) is 0.549. The monoisotopic (exact) mass is 418 g/mol. The minimum Gasteiger partial charge on any atom is -0.481 e. The van der Waals surface area contributed by atoms with Crippen molar-refractivity contribution in [3.05, 3.63) is 35.9 Å². The molecule has 8 heteroatoms. The van der Waals surface area contributed by atoms with E-state index in [0.29, 0.717) is 5.56 Å². The van der Waals surface area contributed by atoms with Gasteiger partial charge >= 0.3 is 11.9 Å². The van der Waals surface area contributed by atoms with E-state index in [1.807, 2.05) is 0 Å². The average molecular weight is 418 g/mol. The van der Waals surface area contributed by atoms with Crippen molar-refractivity contribution >= 4 is 17.8 Å². The van der Waals surface area contributed by atoms with Crippen molar-refractivity contribution < 1.29 is 29.0 Å². The average Bonchev–Trinajstić information content (AvgIpc) is 3.16. The summed E-state index contributed by atoms with van der Waals surface area (Å²) in [6.45, 7) is 6.49. The summed E-state index contributed by atoms with van der Waals surface area (Å²) >= 11 is 0. The summed E-state index contributed by atoms with van der Waals surface area (Å²) in [6, 6.07) is 6.33. The van der Waals surface area contributed by atoms with E-state index in [1.54, 1.807) is 30.3 Å². The van der Waals surface area contributed by atoms with Crippen molar-refractivity contribution in [3.63, 3.8) is 0 Å². The first-order valence-electron chi connectivity index (χ1n) is 10.2. The maximum atomic E-state index is 13.0. The molecule has 2 fully saturated rings. The number of nitrogens with one attached hydrogen (secondary N) is 1. The van der Waals surface area contributed by atoms with Gasteiger partial charge in [0.15, 0.2) is 6.04 Å². The molecule has 1 unspecified atom stereocenters. The van der Waals surface area contributed by atoms with Crippen LogP contribution in [0.3, 0.4) is 0 Å². The normalized spacial score (nSPS) is 28.5. The molecule has 164 valence electrons. The van der Waals surface area contributed by atoms with Gasteiger partial charge in [-0.3, -0.25) is 9.59 Å². The third-order valence-corrected chi connectivity index (χ3v) is 6.56. The van der Waals surface area contributed by atoms with Crippen molar-refractivity contribution in [3.8, 4) is 0 Å². The Labute approximate surface area is 176 Å². The Morgan fingerprint density at radius 1 is 1.27 bits per heavy atom. The van der Waals surface area contributed by atoms with Gasteiger partial charge in [0.25, 0.3) is 0 Å². The number of rotatable bonds is 8. The van der Waals surface area contributed by atoms with E-state index in [9.17, 15) is 14.4 Å². The van der Waals surface area contributed by atoms with E-state index < -0.39 is 36.4 Å². The Morgan fingerprint density at radius 2 is 1.93 bits per heavy atom. The molecular formula is C22H30N2O6. The van der Waals surface area contributed by atoms with Gasteiger partial charge in [-0.1, -0.05) is 44.2 Å². The van der Waals surface area contributed by atoms with Crippen molar-refractivity contribution in [1.29, 1.82) is 0 Å². The van der Waals surface area contributed by atoms with Gasteiger partial charge in [-0.2, -0.15) is 0 Å². The zero-order valence-electron chi connectivity index (χ0n) is 17.6. The third kappa shape index (κ3) is 4.34. The summed E-state index contributed by atoms with van der Waals surface area (Å²) in [5, 5.41) is 11.4. The largest absolute Gasteiger partial charge is 0.481 e. The van der Waals surface area contributed by atoms with Crippen LogP contribution in [0.5, 0.6) is 0 Å². The Kier molecular flexibility index (Phi) is 6.19. The second kappa shape index (κ2) is 8.35. The zero-order valence-corrected chi connectivity index (χ0v) is 17.6. The molecule has 2 saturated heterocycles. The molecule has 2 aliphatic heterocycles. The lowest BCUT2D eigenvalue weighted by Gasteiger charge is -2.38. The third-order valence-electron chi connectivity index (χ3n) is 6.56. The van der Waals surface area contributed by atoms with E-state index in [0.717, 1.165) is 12.8 Å². The number of amides is 1. The molecule has 1 amide bonds. The molecule has 1 aromatic carbocycles. The number of carboxylic acid groups (broad SMARTS) is 1. The number of fused-ring (bicyclic) bond motifs is 2. The molecule has 0 saturated carbocycles. The van der Waals surface area contributed by atoms with Crippen molar-refractivity contribution in [2.75, 3.05) is 6.61 Å². The van der Waals surface area contributed by atoms with Gasteiger partial charge in [-0.25, -0.2) is 4.79 Å². The van der Waals surface area contributed by atoms with Crippen LogP contribution in [0.25, 0.3) is 0 Å². The first-order chi connectivity index (χ1) is 14.0. The molecule has 2 heterocycles. The summed E-state index contributed by atoms with van der Waals surface area (Å²) in [4.78, 5) is 36.2. The lowest BCUT2D eigenvalue weighted by molar-refractivity contribution is -0.152. The molecule has 0 aliphatic carbocycles. The van der Waals surface area contributed by atoms with Gasteiger partial charge < -0.3 is 25.6 Å². The number of aliphatic carboxylic acids is 1. The molecule has 0 radical (unpaired) electrons. The summed E-state index contributed by atoms with van der Waals surface area (Å²) in [7, 11) is 0. The van der Waals surface area contributed by atoms with Crippen molar-refractivity contribution in [2.24, 2.45) is 17.1 Å². The Morgan fingerprint density at radius 3 is 2.50 bits per heavy atom. The molecule has 8 nitrogen and oxygen atoms in total. The number of hydrogen-bond acceptors (Lipinski definition) is 6. The number of carbonyl (C=O) groups is 3. The van der Waals surface area contributed by atoms with Gasteiger partial charge in [0.1, 0.15) is 0 Å². The number of nitrogens with two attached hydrogens (primary N) is 1. The van der Waals surface area contributed by atoms with Crippen LogP contribution in [0.1, 0.15) is 51.6 Å². The number of carboxylic acids is 1. The fourth-order valence-electron chi connectivity index (χ4n) is 4.75. The molecule has 2 aliphatic rings. The van der Waals surface area contributed by atoms with Gasteiger partial charge in [0.05, 0.1) is 30.8 Å². The van der Waals surface area contributed by atoms with Gasteiger partial charge in [0.2, 0.25) is 5.91 Å². The van der Waals surface area contributed by atoms with Crippen LogP contribution in [0, 0.1) is 11.3 Å². The number of hydrogen-bond donors (Lipinski definition) is 3. The maximum Gasteiger partial charge on any atom is 0.333 e. The highest BCUT2D eigenvalue weighted by molar-refractivity contribution is 5.90. The smallest absolute Gasteiger partial charge is 0.333 e. The molecule has 3 rings (SSSR count). The molecule has 2 bridgehead atoms. The predicted octanol–water partition coefficient (Wildman–Crippen LogP) is 1.78. The standard InChI is InChI=1S/C22H30N2O6/c1-21(2)15(22(3)10-9-16(21)30-22)12-29-20(28)18(13-7-5-4-6-8-13)24-19(27)14(23)11-17(25)26/h4-8,14-16,18H,9-12,23H2,1-3H3,(H,24,27)(H,25,26)/t14-,15+,16?,18+,22-/m0/s1. The number of esters is 1. The molecule has 30 heavy (non-hydrogen) atoms. The Balaban J connectivity index is 1.71. The van der Waals surface area contributed by atoms with Crippen LogP contribution < -0.4 is 11.1 Å². The number of ether oxygens (including phenoxy) is 2. The van der Waals surface area contributed by atoms with E-state index in [-0.39, 0.29) is 29.6 Å². The SMILES string of the molecule is CC1(C)C2CC[C@](C)(O2)[C@@H]1COC(=O)[C@H](NC(=O)[C@@H](N)CC(=O)O)c1ccccc1. The van der Waals surface area contributed by atoms with Crippen LogP contribution in [-0.2, 0) is 23.9 Å². The highest BCUT2D eigenvalue weighted by Crippen LogP contribution is 2.57. The molecule has 1 aromatic rings. The minimum absolute atomic E-state index is 0.0362. The Bertz CT molecular complexity index is 806. The lowest BCUT2D eigenvalue weighted by Crippen LogP contribution is -2.47. The molecule has 5 atom stereocenters. The molecule has 4 N–H and O–H groups in total. The highest BCUT2D eigenvalue weighted by atomic mass is 16.5. The zero-order chi connectivity index (χ0) is 22.1. The van der Waals surface area contributed by atoms with Crippen LogP contribution in [0.4, 0.5) is 0 Å². The highest BCUT2D eigenvalue weighted by Gasteiger charge is 2.61. The second-order valence-electron chi connectivity index (χ2n) is 9.02. The van der Waals surface area contributed by atoms with E-state index in [1.165, 1.54) is 0 Å². The topological polar surface area (TPSA) is 128 Å². The molecular weight excluding hydrogens is 388 g/mol. The summed E-state index contributed by atoms with van der Waals surface area (Å²) in [5.74, 6) is -2.49. The summed E-state index contributed by atoms with van der Waals surface area (Å²) < 4.78 is 11.8. The van der Waals surface area contributed by atoms with E-state index in [4.69, 9.17) is 20.3 Å². The predicted molar refractivity (Wildman–Crippen MR) is 108 cm³/mol. The minimum atomic E-state index is -1.27. The van der Waals surface area contributed by atoms with Crippen LogP contribution in [-0.4, -0.2) is 47.3 Å². The maximum absolute atomic E-state index is 13.0. The van der Waals surface area contributed by atoms with E-state index >= 15 is 0 Å². The second-order valence-corrected chi connectivity index (χ2v) is 9.02. The first-order valence-corrected chi connectivity index (χ1v) is 10.2. The summed E-state index contributed by atoms with van der Waals surface area (Å²) in [5.41, 5.74) is 5.73. The van der Waals surface area contributed by atoms with Crippen molar-refractivity contribution in [1.82, 2.24) is 5.32 Å². The summed E-state index contributed by atoms with van der Waals surface area (Å²) in [6.07, 6.45) is 1.53. The van der Waals surface area contributed by atoms with Crippen LogP contribution >= 0.6 is 0 Å². The first kappa shape index (κ1) is 22.2. The van der Waals surface area contributed by atoms with Crippen LogP contribution in [0.15, 0.2) is 30.3 Å². The Hall–Kier alpha value is -2.45. The van der Waals surface area contributed by atoms with Crippen molar-refractivity contribution in [2.45, 2.75) is 63.8 Å². The number of benzene rings is 1. The fraction of sp³-hybridized carbons (Fsp3) is 0.591.